The Labute approximate surface area is 103 Å². The van der Waals surface area contributed by atoms with E-state index in [2.05, 4.69) is 22.3 Å². The number of anilines is 1. The van der Waals surface area contributed by atoms with Gasteiger partial charge in [0.2, 0.25) is 0 Å². The average Bonchev–Trinajstić information content (AvgIpc) is 2.67. The highest BCUT2D eigenvalue weighted by Crippen LogP contribution is 2.34. The Bertz CT molecular complexity index is 536. The zero-order valence-corrected chi connectivity index (χ0v) is 10.5. The van der Waals surface area contributed by atoms with Gasteiger partial charge in [0, 0.05) is 4.70 Å². The predicted octanol–water partition coefficient (Wildman–Crippen LogP) is 2.73. The number of hydrogen-bond acceptors (Lipinski definition) is 5. The van der Waals surface area contributed by atoms with Crippen molar-refractivity contribution in [2.75, 3.05) is 19.2 Å². The highest BCUT2D eigenvalue weighted by atomic mass is 32.1. The van der Waals surface area contributed by atoms with Gasteiger partial charge in [0.1, 0.15) is 5.00 Å². The van der Waals surface area contributed by atoms with Crippen molar-refractivity contribution in [2.45, 2.75) is 6.92 Å². The van der Waals surface area contributed by atoms with Crippen molar-refractivity contribution in [3.63, 3.8) is 0 Å². The summed E-state index contributed by atoms with van der Waals surface area (Å²) in [6, 6.07) is 8.11. The molecule has 0 saturated carbocycles. The predicted molar refractivity (Wildman–Crippen MR) is 68.2 cm³/mol. The van der Waals surface area contributed by atoms with E-state index in [0.29, 0.717) is 0 Å². The van der Waals surface area contributed by atoms with Crippen LogP contribution in [0.2, 0.25) is 0 Å². The second-order valence-electron chi connectivity index (χ2n) is 3.52. The largest absolute Gasteiger partial charge is 0.467 e. The van der Waals surface area contributed by atoms with Crippen molar-refractivity contribution in [3.8, 4) is 0 Å². The zero-order chi connectivity index (χ0) is 12.3. The lowest BCUT2D eigenvalue weighted by atomic mass is 10.2. The first kappa shape index (κ1) is 11.9. The minimum absolute atomic E-state index is 0.107. The van der Waals surface area contributed by atoms with Crippen molar-refractivity contribution >= 4 is 32.4 Å². The second-order valence-corrected chi connectivity index (χ2v) is 4.57. The van der Waals surface area contributed by atoms with E-state index in [1.807, 2.05) is 19.1 Å². The number of esters is 1. The fourth-order valence-corrected chi connectivity index (χ4v) is 2.55. The normalized spacial score (nSPS) is 10.5. The van der Waals surface area contributed by atoms with Crippen molar-refractivity contribution in [2.24, 2.45) is 0 Å². The molecule has 90 valence electrons. The van der Waals surface area contributed by atoms with Crippen LogP contribution in [0.5, 0.6) is 0 Å². The van der Waals surface area contributed by atoms with Gasteiger partial charge in [-0.15, -0.1) is 11.3 Å². The molecule has 2 aromatic rings. The van der Waals surface area contributed by atoms with Crippen LogP contribution in [-0.4, -0.2) is 19.7 Å². The molecular formula is C12H13NO3S. The van der Waals surface area contributed by atoms with Gasteiger partial charge in [-0.05, 0) is 23.9 Å². The fourth-order valence-electron chi connectivity index (χ4n) is 1.49. The number of carbonyl (C=O) groups excluding carboxylic acids is 1. The van der Waals surface area contributed by atoms with Crippen molar-refractivity contribution < 1.29 is 14.4 Å². The molecule has 0 saturated heterocycles. The van der Waals surface area contributed by atoms with Crippen molar-refractivity contribution in [1.82, 2.24) is 0 Å². The van der Waals surface area contributed by atoms with E-state index >= 15 is 0 Å². The number of ether oxygens (including phenoxy) is 1. The number of aryl methyl sites for hydroxylation is 1. The maximum Gasteiger partial charge on any atom is 0.334 e. The quantitative estimate of drug-likeness (QED) is 0.670. The third-order valence-corrected chi connectivity index (χ3v) is 3.60. The number of methoxy groups -OCH3 is 1. The van der Waals surface area contributed by atoms with Gasteiger partial charge in [-0.3, -0.25) is 10.3 Å². The Hall–Kier alpha value is -1.59. The smallest absolute Gasteiger partial charge is 0.334 e. The van der Waals surface area contributed by atoms with Crippen LogP contribution in [0.3, 0.4) is 0 Å². The molecule has 0 aliphatic carbocycles. The third-order valence-electron chi connectivity index (χ3n) is 2.43. The van der Waals surface area contributed by atoms with Gasteiger partial charge < -0.3 is 4.74 Å². The molecule has 0 radical (unpaired) electrons. The molecule has 1 N–H and O–H groups in total. The SMILES string of the molecule is COC(=O)CONc1sc2ccccc2c1C. The Morgan fingerprint density at radius 1 is 1.41 bits per heavy atom. The number of hydrogen-bond donors (Lipinski definition) is 1. The third kappa shape index (κ3) is 2.57. The second kappa shape index (κ2) is 5.16. The molecule has 0 bridgehead atoms. The van der Waals surface area contributed by atoms with E-state index in [4.69, 9.17) is 4.84 Å². The number of nitrogens with one attached hydrogen (secondary N) is 1. The monoisotopic (exact) mass is 251 g/mol. The number of carbonyl (C=O) groups is 1. The number of fused-ring (bicyclic) bond motifs is 1. The molecule has 0 fully saturated rings. The molecule has 1 aromatic carbocycles. The lowest BCUT2D eigenvalue weighted by Gasteiger charge is -2.04. The van der Waals surface area contributed by atoms with Crippen LogP contribution < -0.4 is 5.48 Å². The lowest BCUT2D eigenvalue weighted by Crippen LogP contribution is -2.13. The maximum atomic E-state index is 10.9. The standard InChI is InChI=1S/C12H13NO3S/c1-8-9-5-3-4-6-10(9)17-12(8)13-16-7-11(14)15-2/h3-6,13H,7H2,1-2H3. The first-order chi connectivity index (χ1) is 8.22. The van der Waals surface area contributed by atoms with Gasteiger partial charge in [-0.25, -0.2) is 4.79 Å². The minimum atomic E-state index is -0.406. The highest BCUT2D eigenvalue weighted by molar-refractivity contribution is 7.23. The van der Waals surface area contributed by atoms with Crippen LogP contribution in [-0.2, 0) is 14.4 Å². The topological polar surface area (TPSA) is 47.6 Å². The number of thiophene rings is 1. The zero-order valence-electron chi connectivity index (χ0n) is 9.65. The van der Waals surface area contributed by atoms with Gasteiger partial charge in [-0.1, -0.05) is 18.2 Å². The summed E-state index contributed by atoms with van der Waals surface area (Å²) in [7, 11) is 1.33. The van der Waals surface area contributed by atoms with Crippen LogP contribution in [0, 0.1) is 6.92 Å². The molecule has 2 rings (SSSR count). The van der Waals surface area contributed by atoms with Crippen LogP contribution in [0.4, 0.5) is 5.00 Å². The van der Waals surface area contributed by atoms with E-state index < -0.39 is 5.97 Å². The first-order valence-corrected chi connectivity index (χ1v) is 5.96. The first-order valence-electron chi connectivity index (χ1n) is 5.15. The van der Waals surface area contributed by atoms with Crippen LogP contribution >= 0.6 is 11.3 Å². The molecule has 5 heteroatoms. The Morgan fingerprint density at radius 2 is 2.18 bits per heavy atom. The van der Waals surface area contributed by atoms with Crippen LogP contribution in [0.15, 0.2) is 24.3 Å². The molecule has 1 heterocycles. The maximum absolute atomic E-state index is 10.9. The molecule has 0 spiro atoms. The van der Waals surface area contributed by atoms with Gasteiger partial charge in [0.25, 0.3) is 0 Å². The molecule has 17 heavy (non-hydrogen) atoms. The molecule has 0 aliphatic rings. The van der Waals surface area contributed by atoms with Crippen LogP contribution in [0.25, 0.3) is 10.1 Å². The molecular weight excluding hydrogens is 238 g/mol. The summed E-state index contributed by atoms with van der Waals surface area (Å²) in [4.78, 5) is 15.9. The highest BCUT2D eigenvalue weighted by Gasteiger charge is 2.08. The average molecular weight is 251 g/mol. The molecule has 0 atom stereocenters. The minimum Gasteiger partial charge on any atom is -0.467 e. The molecule has 0 aliphatic heterocycles. The molecule has 0 amide bonds. The van der Waals surface area contributed by atoms with Crippen molar-refractivity contribution in [3.05, 3.63) is 29.8 Å². The number of rotatable bonds is 4. The van der Waals surface area contributed by atoms with Gasteiger partial charge in [0.15, 0.2) is 6.61 Å². The summed E-state index contributed by atoms with van der Waals surface area (Å²) in [6.07, 6.45) is 0. The van der Waals surface area contributed by atoms with Crippen LogP contribution in [0.1, 0.15) is 5.56 Å². The summed E-state index contributed by atoms with van der Waals surface area (Å²) in [6.45, 7) is 1.91. The van der Waals surface area contributed by atoms with Gasteiger partial charge in [0.05, 0.1) is 7.11 Å². The van der Waals surface area contributed by atoms with E-state index in [-0.39, 0.29) is 6.61 Å². The fraction of sp³-hybridized carbons (Fsp3) is 0.250. The van der Waals surface area contributed by atoms with Gasteiger partial charge in [-0.2, -0.15) is 0 Å². The van der Waals surface area contributed by atoms with E-state index in [0.717, 1.165) is 10.6 Å². The summed E-state index contributed by atoms with van der Waals surface area (Å²) >= 11 is 1.59. The Morgan fingerprint density at radius 3 is 2.88 bits per heavy atom. The summed E-state index contributed by atoms with van der Waals surface area (Å²) in [5.41, 5.74) is 3.91. The molecule has 4 nitrogen and oxygen atoms in total. The summed E-state index contributed by atoms with van der Waals surface area (Å²) < 4.78 is 5.67. The van der Waals surface area contributed by atoms with E-state index in [1.165, 1.54) is 17.2 Å². The summed E-state index contributed by atoms with van der Waals surface area (Å²) in [5.74, 6) is -0.406. The molecule has 0 unspecified atom stereocenters. The Balaban J connectivity index is 2.09. The summed E-state index contributed by atoms with van der Waals surface area (Å²) in [5, 5.41) is 2.11. The van der Waals surface area contributed by atoms with E-state index in [9.17, 15) is 4.79 Å². The number of benzene rings is 1. The van der Waals surface area contributed by atoms with Gasteiger partial charge >= 0.3 is 5.97 Å². The van der Waals surface area contributed by atoms with Crippen molar-refractivity contribution in [1.29, 1.82) is 0 Å². The Kier molecular flexibility index (Phi) is 3.61. The lowest BCUT2D eigenvalue weighted by molar-refractivity contribution is -0.144. The molecule has 1 aromatic heterocycles. The van der Waals surface area contributed by atoms with E-state index in [1.54, 1.807) is 11.3 Å².